The number of fused-ring (bicyclic) bond motifs is 1. The Bertz CT molecular complexity index is 1350. The molecule has 0 atom stereocenters. The molecule has 0 aliphatic rings. The summed E-state index contributed by atoms with van der Waals surface area (Å²) in [4.78, 5) is 18.3. The minimum Gasteiger partial charge on any atom is -0.508 e. The molecule has 2 aromatic carbocycles. The van der Waals surface area contributed by atoms with E-state index in [1.54, 1.807) is 6.07 Å². The van der Waals surface area contributed by atoms with Crippen molar-refractivity contribution >= 4 is 22.5 Å². The van der Waals surface area contributed by atoms with Gasteiger partial charge in [-0.2, -0.15) is 5.10 Å². The van der Waals surface area contributed by atoms with Crippen LogP contribution in [0.3, 0.4) is 0 Å². The van der Waals surface area contributed by atoms with Gasteiger partial charge in [0.1, 0.15) is 5.75 Å². The van der Waals surface area contributed by atoms with E-state index in [9.17, 15) is 9.90 Å². The molecule has 0 aliphatic heterocycles. The maximum atomic E-state index is 13.5. The van der Waals surface area contributed by atoms with Gasteiger partial charge >= 0.3 is 0 Å². The van der Waals surface area contributed by atoms with E-state index in [0.717, 1.165) is 44.7 Å². The van der Waals surface area contributed by atoms with Crippen molar-refractivity contribution in [2.24, 2.45) is 7.05 Å². The number of hydrogen-bond donors (Lipinski definition) is 2. The van der Waals surface area contributed by atoms with Crippen molar-refractivity contribution in [1.29, 1.82) is 0 Å². The van der Waals surface area contributed by atoms with Crippen molar-refractivity contribution in [2.45, 2.75) is 40.5 Å². The van der Waals surface area contributed by atoms with Crippen LogP contribution in [0.15, 0.2) is 42.5 Å². The molecule has 0 spiro atoms. The number of carbonyl (C=O) groups is 1. The molecule has 0 fully saturated rings. The summed E-state index contributed by atoms with van der Waals surface area (Å²) < 4.78 is 1.83. The zero-order valence-corrected chi connectivity index (χ0v) is 19.3. The van der Waals surface area contributed by atoms with Crippen LogP contribution in [0.2, 0.25) is 0 Å². The van der Waals surface area contributed by atoms with Gasteiger partial charge in [-0.25, -0.2) is 4.98 Å². The number of aromatic nitrogens is 3. The lowest BCUT2D eigenvalue weighted by molar-refractivity contribution is 0.102. The third kappa shape index (κ3) is 3.73. The Hall–Kier alpha value is -3.67. The fraction of sp³-hybridized carbons (Fsp3) is 0.269. The second-order valence-corrected chi connectivity index (χ2v) is 8.58. The molecule has 0 aliphatic carbocycles. The van der Waals surface area contributed by atoms with Gasteiger partial charge in [0.15, 0.2) is 0 Å². The van der Waals surface area contributed by atoms with Crippen LogP contribution in [0, 0.1) is 20.8 Å². The molecular weight excluding hydrogens is 400 g/mol. The fourth-order valence-electron chi connectivity index (χ4n) is 4.13. The molecule has 1 amide bonds. The van der Waals surface area contributed by atoms with Gasteiger partial charge in [0.2, 0.25) is 0 Å². The highest BCUT2D eigenvalue weighted by molar-refractivity contribution is 6.13. The molecule has 2 N–H and O–H groups in total. The number of nitrogens with zero attached hydrogens (tertiary/aromatic N) is 3. The lowest BCUT2D eigenvalue weighted by Gasteiger charge is -2.15. The summed E-state index contributed by atoms with van der Waals surface area (Å²) in [5, 5.41) is 18.6. The van der Waals surface area contributed by atoms with E-state index >= 15 is 0 Å². The number of phenolic OH excluding ortho intramolecular Hbond substituents is 1. The molecule has 4 aromatic rings. The van der Waals surface area contributed by atoms with E-state index < -0.39 is 0 Å². The van der Waals surface area contributed by atoms with E-state index in [1.165, 1.54) is 0 Å². The van der Waals surface area contributed by atoms with E-state index in [0.29, 0.717) is 11.3 Å². The number of pyridine rings is 1. The van der Waals surface area contributed by atoms with Gasteiger partial charge in [0.05, 0.1) is 22.5 Å². The predicted octanol–water partition coefficient (Wildman–Crippen LogP) is 5.64. The molecule has 2 aromatic heterocycles. The fourth-order valence-corrected chi connectivity index (χ4v) is 4.13. The summed E-state index contributed by atoms with van der Waals surface area (Å²) in [6.07, 6.45) is 0. The molecule has 0 saturated carbocycles. The highest BCUT2D eigenvalue weighted by atomic mass is 16.3. The molecule has 0 radical (unpaired) electrons. The number of aryl methyl sites for hydroxylation is 3. The van der Waals surface area contributed by atoms with Gasteiger partial charge in [-0.15, -0.1) is 0 Å². The smallest absolute Gasteiger partial charge is 0.256 e. The molecule has 0 bridgehead atoms. The number of aromatic hydroxyl groups is 1. The largest absolute Gasteiger partial charge is 0.508 e. The van der Waals surface area contributed by atoms with Crippen LogP contribution in [-0.2, 0) is 7.05 Å². The van der Waals surface area contributed by atoms with Crippen LogP contribution in [-0.4, -0.2) is 25.8 Å². The minimum atomic E-state index is -0.215. The molecule has 6 nitrogen and oxygen atoms in total. The van der Waals surface area contributed by atoms with Crippen molar-refractivity contribution in [1.82, 2.24) is 14.8 Å². The van der Waals surface area contributed by atoms with Gasteiger partial charge < -0.3 is 10.4 Å². The highest BCUT2D eigenvalue weighted by Crippen LogP contribution is 2.33. The summed E-state index contributed by atoms with van der Waals surface area (Å²) in [5.41, 5.74) is 7.12. The second kappa shape index (κ2) is 8.11. The van der Waals surface area contributed by atoms with Crippen LogP contribution in [0.1, 0.15) is 52.6 Å². The molecular formula is C26H28N4O2. The lowest BCUT2D eigenvalue weighted by atomic mass is 9.98. The minimum absolute atomic E-state index is 0.135. The first kappa shape index (κ1) is 21.6. The first-order chi connectivity index (χ1) is 15.2. The second-order valence-electron chi connectivity index (χ2n) is 8.58. The molecule has 6 heteroatoms. The van der Waals surface area contributed by atoms with Crippen LogP contribution in [0.25, 0.3) is 22.2 Å². The maximum Gasteiger partial charge on any atom is 0.256 e. The van der Waals surface area contributed by atoms with Crippen molar-refractivity contribution in [3.63, 3.8) is 0 Å². The number of amides is 1. The maximum absolute atomic E-state index is 13.5. The predicted molar refractivity (Wildman–Crippen MR) is 128 cm³/mol. The molecule has 0 unspecified atom stereocenters. The highest BCUT2D eigenvalue weighted by Gasteiger charge is 2.19. The first-order valence-electron chi connectivity index (χ1n) is 10.7. The van der Waals surface area contributed by atoms with Gasteiger partial charge in [-0.3, -0.25) is 9.48 Å². The summed E-state index contributed by atoms with van der Waals surface area (Å²) >= 11 is 0. The third-order valence-corrected chi connectivity index (χ3v) is 5.97. The summed E-state index contributed by atoms with van der Waals surface area (Å²) in [5.74, 6) is 0.165. The number of para-hydroxylation sites is 1. The van der Waals surface area contributed by atoms with Crippen molar-refractivity contribution in [3.05, 3.63) is 70.5 Å². The first-order valence-corrected chi connectivity index (χ1v) is 10.7. The SMILES string of the molecule is Cc1cc(O)c(C(C)C)cc1NC(=O)c1cc(-c2c(C)nn(C)c2C)nc2ccccc12. The van der Waals surface area contributed by atoms with Crippen molar-refractivity contribution < 1.29 is 9.90 Å². The van der Waals surface area contributed by atoms with Gasteiger partial charge in [-0.1, -0.05) is 32.0 Å². The Labute approximate surface area is 187 Å². The average Bonchev–Trinajstić information content (AvgIpc) is 3.00. The Morgan fingerprint density at radius 2 is 1.81 bits per heavy atom. The number of nitrogens with one attached hydrogen (secondary N) is 1. The Balaban J connectivity index is 1.84. The van der Waals surface area contributed by atoms with Crippen molar-refractivity contribution in [3.8, 4) is 17.0 Å². The Morgan fingerprint density at radius 1 is 1.09 bits per heavy atom. The van der Waals surface area contributed by atoms with E-state index in [1.807, 2.05) is 82.7 Å². The summed E-state index contributed by atoms with van der Waals surface area (Å²) in [6.45, 7) is 9.84. The summed E-state index contributed by atoms with van der Waals surface area (Å²) in [7, 11) is 1.90. The number of phenols is 1. The third-order valence-electron chi connectivity index (χ3n) is 5.97. The van der Waals surface area contributed by atoms with Gasteiger partial charge in [0.25, 0.3) is 5.91 Å². The molecule has 32 heavy (non-hydrogen) atoms. The molecule has 2 heterocycles. The number of anilines is 1. The van der Waals surface area contributed by atoms with E-state index in [2.05, 4.69) is 10.4 Å². The topological polar surface area (TPSA) is 80.0 Å². The molecule has 0 saturated heterocycles. The van der Waals surface area contributed by atoms with Crippen molar-refractivity contribution in [2.75, 3.05) is 5.32 Å². The van der Waals surface area contributed by atoms with Crippen LogP contribution >= 0.6 is 0 Å². The standard InChI is InChI=1S/C26H28N4O2/c1-14(2)19-12-22(15(3)11-24(19)31)28-26(32)20-13-23(25-16(4)29-30(6)17(25)5)27-21-10-8-7-9-18(20)21/h7-14,31H,1-6H3,(H,28,32). The molecule has 164 valence electrons. The molecule has 4 rings (SSSR count). The van der Waals surface area contributed by atoms with Gasteiger partial charge in [0, 0.05) is 29.4 Å². The van der Waals surface area contributed by atoms with Gasteiger partial charge in [-0.05, 0) is 62.1 Å². The number of hydrogen-bond acceptors (Lipinski definition) is 4. The average molecular weight is 429 g/mol. The number of benzene rings is 2. The van der Waals surface area contributed by atoms with E-state index in [-0.39, 0.29) is 17.6 Å². The van der Waals surface area contributed by atoms with Crippen LogP contribution < -0.4 is 5.32 Å². The summed E-state index contributed by atoms with van der Waals surface area (Å²) in [6, 6.07) is 13.0. The zero-order chi connectivity index (χ0) is 23.2. The van der Waals surface area contributed by atoms with Crippen LogP contribution in [0.5, 0.6) is 5.75 Å². The number of rotatable bonds is 4. The Kier molecular flexibility index (Phi) is 5.46. The monoisotopic (exact) mass is 428 g/mol. The lowest BCUT2D eigenvalue weighted by Crippen LogP contribution is -2.14. The number of carbonyl (C=O) groups excluding carboxylic acids is 1. The Morgan fingerprint density at radius 3 is 2.47 bits per heavy atom. The van der Waals surface area contributed by atoms with Crippen LogP contribution in [0.4, 0.5) is 5.69 Å². The normalized spacial score (nSPS) is 11.3. The quantitative estimate of drug-likeness (QED) is 0.412. The zero-order valence-electron chi connectivity index (χ0n) is 19.3. The van der Waals surface area contributed by atoms with E-state index in [4.69, 9.17) is 4.98 Å².